The molecule has 3 fully saturated rings. The standard InChI is InChI=1S/C18H32O7/c1-5-8-9-6-11(18(4,15(8)23)17(9,2)3)25-16-14(22)13(21)12(20)10(7-19)24-16/h8-16,19-23H,5-7H2,1-4H3. The summed E-state index contributed by atoms with van der Waals surface area (Å²) in [5.41, 5.74) is -0.636. The van der Waals surface area contributed by atoms with Crippen LogP contribution in [0.3, 0.4) is 0 Å². The fourth-order valence-electron chi connectivity index (χ4n) is 5.58. The Morgan fingerprint density at radius 1 is 1.04 bits per heavy atom. The molecule has 2 bridgehead atoms. The van der Waals surface area contributed by atoms with Gasteiger partial charge in [0.15, 0.2) is 6.29 Å². The molecule has 0 radical (unpaired) electrons. The lowest BCUT2D eigenvalue weighted by Crippen LogP contribution is -2.61. The number of hydrogen-bond donors (Lipinski definition) is 5. The lowest BCUT2D eigenvalue weighted by atomic mass is 9.68. The lowest BCUT2D eigenvalue weighted by molar-refractivity contribution is -0.323. The summed E-state index contributed by atoms with van der Waals surface area (Å²) in [6.45, 7) is 7.91. The molecule has 146 valence electrons. The normalized spacial score (nSPS) is 54.8. The van der Waals surface area contributed by atoms with Gasteiger partial charge in [-0.05, 0) is 23.7 Å². The summed E-state index contributed by atoms with van der Waals surface area (Å²) in [4.78, 5) is 0. The van der Waals surface area contributed by atoms with Gasteiger partial charge in [0.05, 0.1) is 18.8 Å². The van der Waals surface area contributed by atoms with Crippen molar-refractivity contribution in [2.75, 3.05) is 6.61 Å². The average Bonchev–Trinajstić information content (AvgIpc) is 2.85. The molecule has 5 N–H and O–H groups in total. The van der Waals surface area contributed by atoms with E-state index in [0.29, 0.717) is 5.92 Å². The van der Waals surface area contributed by atoms with Gasteiger partial charge in [0.2, 0.25) is 0 Å². The van der Waals surface area contributed by atoms with Gasteiger partial charge in [-0.25, -0.2) is 0 Å². The van der Waals surface area contributed by atoms with Gasteiger partial charge in [-0.3, -0.25) is 0 Å². The Morgan fingerprint density at radius 3 is 2.20 bits per heavy atom. The predicted octanol–water partition coefficient (Wildman–Crippen LogP) is -0.375. The second kappa shape index (κ2) is 6.41. The predicted molar refractivity (Wildman–Crippen MR) is 88.4 cm³/mol. The molecule has 3 rings (SSSR count). The third-order valence-electron chi connectivity index (χ3n) is 7.61. The highest BCUT2D eigenvalue weighted by Crippen LogP contribution is 2.69. The second-order valence-corrected chi connectivity index (χ2v) is 8.69. The minimum Gasteiger partial charge on any atom is -0.394 e. The average molecular weight is 360 g/mol. The van der Waals surface area contributed by atoms with Gasteiger partial charge in [0.1, 0.15) is 24.4 Å². The van der Waals surface area contributed by atoms with Crippen LogP contribution in [-0.2, 0) is 9.47 Å². The van der Waals surface area contributed by atoms with Crippen molar-refractivity contribution in [3.63, 3.8) is 0 Å². The summed E-state index contributed by atoms with van der Waals surface area (Å²) < 4.78 is 11.5. The van der Waals surface area contributed by atoms with Crippen molar-refractivity contribution in [1.82, 2.24) is 0 Å². The van der Waals surface area contributed by atoms with E-state index >= 15 is 0 Å². The molecular weight excluding hydrogens is 328 g/mol. The van der Waals surface area contributed by atoms with Gasteiger partial charge in [-0.15, -0.1) is 0 Å². The first kappa shape index (κ1) is 19.5. The maximum Gasteiger partial charge on any atom is 0.186 e. The highest BCUT2D eigenvalue weighted by Gasteiger charge is 2.70. The van der Waals surface area contributed by atoms with Crippen molar-refractivity contribution < 1.29 is 35.0 Å². The van der Waals surface area contributed by atoms with Gasteiger partial charge in [0, 0.05) is 5.41 Å². The molecule has 0 aromatic rings. The monoisotopic (exact) mass is 360 g/mol. The molecule has 2 aliphatic carbocycles. The highest BCUT2D eigenvalue weighted by molar-refractivity contribution is 5.18. The van der Waals surface area contributed by atoms with Gasteiger partial charge >= 0.3 is 0 Å². The van der Waals surface area contributed by atoms with Crippen molar-refractivity contribution in [3.8, 4) is 0 Å². The first-order valence-electron chi connectivity index (χ1n) is 9.25. The first-order valence-corrected chi connectivity index (χ1v) is 9.25. The van der Waals surface area contributed by atoms with Gasteiger partial charge in [-0.2, -0.15) is 0 Å². The number of rotatable bonds is 4. The first-order chi connectivity index (χ1) is 11.6. The van der Waals surface area contributed by atoms with Crippen molar-refractivity contribution >= 4 is 0 Å². The summed E-state index contributed by atoms with van der Waals surface area (Å²) >= 11 is 0. The fourth-order valence-corrected chi connectivity index (χ4v) is 5.58. The SMILES string of the molecule is CCC1C2CC(OC3OC(CO)C(O)C(O)C3O)C(C)(C1O)C2(C)C. The quantitative estimate of drug-likeness (QED) is 0.464. The van der Waals surface area contributed by atoms with E-state index in [4.69, 9.17) is 9.47 Å². The van der Waals surface area contributed by atoms with Crippen molar-refractivity contribution in [3.05, 3.63) is 0 Å². The van der Waals surface area contributed by atoms with Crippen LogP contribution in [0.25, 0.3) is 0 Å². The lowest BCUT2D eigenvalue weighted by Gasteiger charge is -2.46. The zero-order chi connectivity index (χ0) is 18.7. The Labute approximate surface area is 148 Å². The molecule has 0 aromatic heterocycles. The molecule has 10 atom stereocenters. The Hall–Kier alpha value is -0.280. The number of hydrogen-bond acceptors (Lipinski definition) is 7. The minimum absolute atomic E-state index is 0.133. The van der Waals surface area contributed by atoms with Crippen LogP contribution in [-0.4, -0.2) is 75.1 Å². The largest absolute Gasteiger partial charge is 0.394 e. The summed E-state index contributed by atoms with van der Waals surface area (Å²) in [6.07, 6.45) is -5.62. The zero-order valence-corrected chi connectivity index (χ0v) is 15.4. The van der Waals surface area contributed by atoms with E-state index in [2.05, 4.69) is 20.8 Å². The van der Waals surface area contributed by atoms with E-state index in [9.17, 15) is 25.5 Å². The van der Waals surface area contributed by atoms with Crippen LogP contribution in [0.15, 0.2) is 0 Å². The Morgan fingerprint density at radius 2 is 1.68 bits per heavy atom. The third-order valence-corrected chi connectivity index (χ3v) is 7.61. The molecule has 25 heavy (non-hydrogen) atoms. The Kier molecular flexibility index (Phi) is 4.99. The van der Waals surface area contributed by atoms with E-state index < -0.39 is 48.8 Å². The molecular formula is C18H32O7. The summed E-state index contributed by atoms with van der Waals surface area (Å²) in [6, 6.07) is 0. The van der Waals surface area contributed by atoms with Crippen LogP contribution < -0.4 is 0 Å². The smallest absolute Gasteiger partial charge is 0.186 e. The number of aliphatic hydroxyl groups is 5. The summed E-state index contributed by atoms with van der Waals surface area (Å²) in [5, 5.41) is 50.3. The topological polar surface area (TPSA) is 120 Å². The minimum atomic E-state index is -1.45. The van der Waals surface area contributed by atoms with Crippen molar-refractivity contribution in [1.29, 1.82) is 0 Å². The van der Waals surface area contributed by atoms with Crippen LogP contribution in [0.4, 0.5) is 0 Å². The van der Waals surface area contributed by atoms with E-state index in [0.717, 1.165) is 12.8 Å². The molecule has 1 saturated heterocycles. The van der Waals surface area contributed by atoms with Gasteiger partial charge in [-0.1, -0.05) is 34.1 Å². The van der Waals surface area contributed by atoms with Crippen LogP contribution in [0, 0.1) is 22.7 Å². The number of aliphatic hydroxyl groups excluding tert-OH is 5. The number of ether oxygens (including phenoxy) is 2. The highest BCUT2D eigenvalue weighted by atomic mass is 16.7. The maximum absolute atomic E-state index is 10.9. The molecule has 3 aliphatic rings. The molecule has 0 amide bonds. The molecule has 7 nitrogen and oxygen atoms in total. The van der Waals surface area contributed by atoms with Crippen LogP contribution in [0.2, 0.25) is 0 Å². The molecule has 10 unspecified atom stereocenters. The van der Waals surface area contributed by atoms with Crippen molar-refractivity contribution in [2.45, 2.75) is 83.5 Å². The molecule has 1 heterocycles. The summed E-state index contributed by atoms with van der Waals surface area (Å²) in [5.74, 6) is 0.516. The van der Waals surface area contributed by atoms with E-state index in [1.54, 1.807) is 0 Å². The maximum atomic E-state index is 10.9. The zero-order valence-electron chi connectivity index (χ0n) is 15.4. The van der Waals surface area contributed by atoms with Crippen LogP contribution >= 0.6 is 0 Å². The molecule has 7 heteroatoms. The Balaban J connectivity index is 1.80. The van der Waals surface area contributed by atoms with E-state index in [-0.39, 0.29) is 17.4 Å². The molecule has 2 saturated carbocycles. The van der Waals surface area contributed by atoms with E-state index in [1.165, 1.54) is 0 Å². The van der Waals surface area contributed by atoms with Crippen LogP contribution in [0.1, 0.15) is 40.5 Å². The Bertz CT molecular complexity index is 496. The molecule has 0 aromatic carbocycles. The third kappa shape index (κ3) is 2.51. The second-order valence-electron chi connectivity index (χ2n) is 8.69. The fraction of sp³-hybridized carbons (Fsp3) is 1.00. The van der Waals surface area contributed by atoms with Crippen LogP contribution in [0.5, 0.6) is 0 Å². The molecule has 1 aliphatic heterocycles. The van der Waals surface area contributed by atoms with E-state index in [1.807, 2.05) is 6.92 Å². The van der Waals surface area contributed by atoms with Gasteiger partial charge in [0.25, 0.3) is 0 Å². The summed E-state index contributed by atoms with van der Waals surface area (Å²) in [7, 11) is 0. The molecule has 0 spiro atoms. The number of fused-ring (bicyclic) bond motifs is 2. The van der Waals surface area contributed by atoms with Gasteiger partial charge < -0.3 is 35.0 Å². The van der Waals surface area contributed by atoms with Crippen molar-refractivity contribution in [2.24, 2.45) is 22.7 Å².